The van der Waals surface area contributed by atoms with Crippen LogP contribution in [0.25, 0.3) is 0 Å². The number of halogens is 1. The molecule has 0 saturated heterocycles. The lowest BCUT2D eigenvalue weighted by Crippen LogP contribution is -2.36. The summed E-state index contributed by atoms with van der Waals surface area (Å²) in [5.41, 5.74) is 6.22. The molecule has 2 rings (SSSR count). The number of methoxy groups -OCH3 is 1. The van der Waals surface area contributed by atoms with E-state index in [-0.39, 0.29) is 23.2 Å². The summed E-state index contributed by atoms with van der Waals surface area (Å²) in [6, 6.07) is 3.01. The first kappa shape index (κ1) is 16.5. The monoisotopic (exact) mass is 332 g/mol. The lowest BCUT2D eigenvalue weighted by Gasteiger charge is -2.23. The first-order valence-corrected chi connectivity index (χ1v) is 8.93. The standard InChI is InChI=1S/C14H21ClN2O3S/c1-20-14-10(9-16)7-11(15)8-13(14)21(18,19)17-12-5-3-2-4-6-12/h7-8,12,17H,2-6,9,16H2,1H3. The van der Waals surface area contributed by atoms with Gasteiger partial charge < -0.3 is 10.5 Å². The highest BCUT2D eigenvalue weighted by atomic mass is 35.5. The van der Waals surface area contributed by atoms with Crippen LogP contribution < -0.4 is 15.2 Å². The molecule has 0 spiro atoms. The van der Waals surface area contributed by atoms with E-state index in [1.807, 2.05) is 0 Å². The van der Waals surface area contributed by atoms with Crippen molar-refractivity contribution in [2.24, 2.45) is 5.73 Å². The first-order chi connectivity index (χ1) is 9.97. The number of nitrogens with two attached hydrogens (primary N) is 1. The third-order valence-electron chi connectivity index (χ3n) is 3.74. The van der Waals surface area contributed by atoms with Crippen molar-refractivity contribution >= 4 is 21.6 Å². The summed E-state index contributed by atoms with van der Waals surface area (Å²) in [6.07, 6.45) is 5.00. The zero-order valence-corrected chi connectivity index (χ0v) is 13.6. The van der Waals surface area contributed by atoms with E-state index in [2.05, 4.69) is 4.72 Å². The molecule has 0 aromatic heterocycles. The zero-order valence-electron chi connectivity index (χ0n) is 12.1. The zero-order chi connectivity index (χ0) is 15.5. The van der Waals surface area contributed by atoms with Crippen LogP contribution in [0.15, 0.2) is 17.0 Å². The van der Waals surface area contributed by atoms with Crippen molar-refractivity contribution < 1.29 is 13.2 Å². The topological polar surface area (TPSA) is 81.4 Å². The largest absolute Gasteiger partial charge is 0.495 e. The summed E-state index contributed by atoms with van der Waals surface area (Å²) < 4.78 is 33.2. The van der Waals surface area contributed by atoms with Crippen LogP contribution in [0.5, 0.6) is 5.75 Å². The summed E-state index contributed by atoms with van der Waals surface area (Å²) in [5, 5.41) is 0.334. The van der Waals surface area contributed by atoms with E-state index in [9.17, 15) is 8.42 Å². The molecule has 7 heteroatoms. The van der Waals surface area contributed by atoms with Crippen molar-refractivity contribution in [1.29, 1.82) is 0 Å². The Morgan fingerprint density at radius 2 is 2.00 bits per heavy atom. The predicted octanol–water partition coefficient (Wildman–Crippen LogP) is 2.42. The molecule has 118 valence electrons. The maximum atomic E-state index is 12.6. The van der Waals surface area contributed by atoms with E-state index in [0.29, 0.717) is 10.6 Å². The van der Waals surface area contributed by atoms with Gasteiger partial charge in [0.1, 0.15) is 10.6 Å². The van der Waals surface area contributed by atoms with Crippen LogP contribution in [0, 0.1) is 0 Å². The second kappa shape index (κ2) is 6.96. The van der Waals surface area contributed by atoms with E-state index >= 15 is 0 Å². The fraction of sp³-hybridized carbons (Fsp3) is 0.571. The van der Waals surface area contributed by atoms with Gasteiger partial charge in [0.2, 0.25) is 10.0 Å². The van der Waals surface area contributed by atoms with E-state index in [0.717, 1.165) is 32.1 Å². The fourth-order valence-electron chi connectivity index (χ4n) is 2.71. The second-order valence-electron chi connectivity index (χ2n) is 5.26. The second-order valence-corrected chi connectivity index (χ2v) is 7.38. The highest BCUT2D eigenvalue weighted by Crippen LogP contribution is 2.32. The Bertz CT molecular complexity index is 598. The molecule has 0 radical (unpaired) electrons. The minimum Gasteiger partial charge on any atom is -0.495 e. The molecule has 0 heterocycles. The summed E-state index contributed by atoms with van der Waals surface area (Å²) in [6.45, 7) is 0.162. The molecule has 5 nitrogen and oxygen atoms in total. The molecule has 1 aliphatic carbocycles. The number of sulfonamides is 1. The van der Waals surface area contributed by atoms with E-state index < -0.39 is 10.0 Å². The summed E-state index contributed by atoms with van der Waals surface area (Å²) in [7, 11) is -2.24. The van der Waals surface area contributed by atoms with Crippen molar-refractivity contribution in [2.45, 2.75) is 49.6 Å². The number of benzene rings is 1. The van der Waals surface area contributed by atoms with Crippen LogP contribution >= 0.6 is 11.6 Å². The molecule has 0 unspecified atom stereocenters. The van der Waals surface area contributed by atoms with Gasteiger partial charge in [0.05, 0.1) is 7.11 Å². The Morgan fingerprint density at radius 1 is 1.33 bits per heavy atom. The Hall–Kier alpha value is -0.820. The normalized spacial score (nSPS) is 16.9. The third-order valence-corrected chi connectivity index (χ3v) is 5.48. The molecular weight excluding hydrogens is 312 g/mol. The van der Waals surface area contributed by atoms with Crippen molar-refractivity contribution in [3.8, 4) is 5.75 Å². The average molecular weight is 333 g/mol. The van der Waals surface area contributed by atoms with Crippen molar-refractivity contribution in [1.82, 2.24) is 4.72 Å². The van der Waals surface area contributed by atoms with Gasteiger partial charge in [0, 0.05) is 23.2 Å². The number of ether oxygens (including phenoxy) is 1. The van der Waals surface area contributed by atoms with E-state index in [1.165, 1.54) is 13.2 Å². The van der Waals surface area contributed by atoms with Gasteiger partial charge in [-0.05, 0) is 25.0 Å². The van der Waals surface area contributed by atoms with E-state index in [1.54, 1.807) is 6.07 Å². The summed E-state index contributed by atoms with van der Waals surface area (Å²) >= 11 is 6.00. The number of rotatable bonds is 5. The van der Waals surface area contributed by atoms with Crippen LogP contribution in [0.1, 0.15) is 37.7 Å². The van der Waals surface area contributed by atoms with Gasteiger partial charge >= 0.3 is 0 Å². The smallest absolute Gasteiger partial charge is 0.244 e. The number of nitrogens with one attached hydrogen (secondary N) is 1. The number of hydrogen-bond acceptors (Lipinski definition) is 4. The van der Waals surface area contributed by atoms with Gasteiger partial charge in [-0.3, -0.25) is 0 Å². The fourth-order valence-corrected chi connectivity index (χ4v) is 4.56. The highest BCUT2D eigenvalue weighted by molar-refractivity contribution is 7.89. The minimum atomic E-state index is -3.67. The quantitative estimate of drug-likeness (QED) is 0.867. The molecule has 1 aromatic rings. The van der Waals surface area contributed by atoms with Gasteiger partial charge in [-0.15, -0.1) is 0 Å². The molecule has 3 N–H and O–H groups in total. The Morgan fingerprint density at radius 3 is 2.57 bits per heavy atom. The highest BCUT2D eigenvalue weighted by Gasteiger charge is 2.26. The molecule has 0 aliphatic heterocycles. The molecule has 0 amide bonds. The lowest BCUT2D eigenvalue weighted by molar-refractivity contribution is 0.393. The minimum absolute atomic E-state index is 0.0197. The maximum Gasteiger partial charge on any atom is 0.244 e. The Labute approximate surface area is 130 Å². The molecular formula is C14H21ClN2O3S. The molecule has 21 heavy (non-hydrogen) atoms. The molecule has 0 atom stereocenters. The van der Waals surface area contributed by atoms with E-state index in [4.69, 9.17) is 22.1 Å². The van der Waals surface area contributed by atoms with Gasteiger partial charge in [0.15, 0.2) is 0 Å². The lowest BCUT2D eigenvalue weighted by atomic mass is 9.96. The van der Waals surface area contributed by atoms with Crippen molar-refractivity contribution in [3.63, 3.8) is 0 Å². The van der Waals surface area contributed by atoms with Crippen LogP contribution in [0.3, 0.4) is 0 Å². The van der Waals surface area contributed by atoms with Crippen LogP contribution in [-0.4, -0.2) is 21.6 Å². The van der Waals surface area contributed by atoms with Gasteiger partial charge in [0.25, 0.3) is 0 Å². The van der Waals surface area contributed by atoms with Crippen LogP contribution in [0.4, 0.5) is 0 Å². The van der Waals surface area contributed by atoms with Crippen LogP contribution in [-0.2, 0) is 16.6 Å². The molecule has 1 aliphatic rings. The van der Waals surface area contributed by atoms with Crippen LogP contribution in [0.2, 0.25) is 5.02 Å². The van der Waals surface area contributed by atoms with Crippen molar-refractivity contribution in [3.05, 3.63) is 22.7 Å². The van der Waals surface area contributed by atoms with Crippen molar-refractivity contribution in [2.75, 3.05) is 7.11 Å². The van der Waals surface area contributed by atoms with Gasteiger partial charge in [-0.2, -0.15) is 0 Å². The molecule has 1 fully saturated rings. The predicted molar refractivity (Wildman–Crippen MR) is 83.1 cm³/mol. The first-order valence-electron chi connectivity index (χ1n) is 7.06. The summed E-state index contributed by atoms with van der Waals surface area (Å²) in [4.78, 5) is 0.0588. The maximum absolute atomic E-state index is 12.6. The molecule has 1 saturated carbocycles. The molecule has 1 aromatic carbocycles. The third kappa shape index (κ3) is 3.88. The summed E-state index contributed by atoms with van der Waals surface area (Å²) in [5.74, 6) is 0.269. The SMILES string of the molecule is COc1c(CN)cc(Cl)cc1S(=O)(=O)NC1CCCCC1. The average Bonchev–Trinajstić information content (AvgIpc) is 2.46. The Kier molecular flexibility index (Phi) is 5.48. The van der Waals surface area contributed by atoms with Gasteiger partial charge in [-0.1, -0.05) is 30.9 Å². The Balaban J connectivity index is 2.36. The number of hydrogen-bond donors (Lipinski definition) is 2. The molecule has 0 bridgehead atoms. The van der Waals surface area contributed by atoms with Gasteiger partial charge in [-0.25, -0.2) is 13.1 Å².